The number of hydrogen-bond acceptors (Lipinski definition) is 1. The predicted octanol–water partition coefficient (Wildman–Crippen LogP) is 0.734. The maximum Gasteiger partial charge on any atom is 0.210 e. The topological polar surface area (TPSA) is 13.1 Å². The summed E-state index contributed by atoms with van der Waals surface area (Å²) in [6, 6.07) is 16.6. The summed E-state index contributed by atoms with van der Waals surface area (Å²) in [4.78, 5) is 0. The highest BCUT2D eigenvalue weighted by atomic mass is 127. The summed E-state index contributed by atoms with van der Waals surface area (Å²) in [5.41, 5.74) is 1.15. The van der Waals surface area contributed by atoms with Gasteiger partial charge in [0.2, 0.25) is 5.69 Å². The van der Waals surface area contributed by atoms with E-state index in [4.69, 9.17) is 4.74 Å². The first kappa shape index (κ1) is 15.3. The first-order valence-corrected chi connectivity index (χ1v) is 7.10. The van der Waals surface area contributed by atoms with Crippen molar-refractivity contribution in [1.29, 1.82) is 0 Å². The Kier molecular flexibility index (Phi) is 4.99. The molecule has 0 bridgehead atoms. The van der Waals surface area contributed by atoms with Crippen molar-refractivity contribution in [3.05, 3.63) is 64.5 Å². The number of halogens is 2. The van der Waals surface area contributed by atoms with Crippen molar-refractivity contribution < 1.29 is 26.3 Å². The zero-order valence-corrected chi connectivity index (χ0v) is 14.6. The van der Waals surface area contributed by atoms with Gasteiger partial charge in [-0.25, -0.2) is 0 Å². The van der Waals surface area contributed by atoms with E-state index in [0.29, 0.717) is 0 Å². The van der Waals surface area contributed by atoms with Gasteiger partial charge in [0.05, 0.1) is 12.5 Å². The molecule has 0 fully saturated rings. The summed E-state index contributed by atoms with van der Waals surface area (Å²) in [6.45, 7) is 0. The van der Waals surface area contributed by atoms with Crippen LogP contribution in [0.5, 0.6) is 5.75 Å². The molecule has 0 N–H and O–H groups in total. The highest BCUT2D eigenvalue weighted by Crippen LogP contribution is 2.23. The van der Waals surface area contributed by atoms with Crippen LogP contribution in [0.25, 0.3) is 16.5 Å². The molecule has 1 aromatic heterocycles. The third-order valence-corrected chi connectivity index (χ3v) is 3.85. The number of hydrogen-bond donors (Lipinski definition) is 0. The molecule has 20 heavy (non-hydrogen) atoms. The van der Waals surface area contributed by atoms with Crippen LogP contribution in [0.1, 0.15) is 0 Å². The lowest BCUT2D eigenvalue weighted by atomic mass is 10.1. The van der Waals surface area contributed by atoms with E-state index in [1.807, 2.05) is 12.1 Å². The van der Waals surface area contributed by atoms with Gasteiger partial charge < -0.3 is 21.7 Å². The maximum absolute atomic E-state index is 5.42. The molecule has 1 heterocycles. The van der Waals surface area contributed by atoms with Crippen LogP contribution < -0.4 is 26.3 Å². The standard InChI is InChI=1S/C16H13INO.BrH/c1-19-16-4-2-3-12-9-10-18(11-15(12)16)14-7-5-13(17)6-8-14;/h2-11H,1H3;1H/q+1;/p-1. The normalized spacial score (nSPS) is 10.1. The van der Waals surface area contributed by atoms with Crippen LogP contribution in [0.3, 0.4) is 0 Å². The van der Waals surface area contributed by atoms with Crippen LogP contribution in [0.15, 0.2) is 60.9 Å². The Morgan fingerprint density at radius 2 is 1.75 bits per heavy atom. The molecule has 3 aromatic rings. The lowest BCUT2D eigenvalue weighted by Crippen LogP contribution is -3.00. The van der Waals surface area contributed by atoms with E-state index in [2.05, 4.69) is 75.9 Å². The van der Waals surface area contributed by atoms with Gasteiger partial charge in [0, 0.05) is 21.8 Å². The molecule has 0 saturated carbocycles. The van der Waals surface area contributed by atoms with Crippen molar-refractivity contribution in [3.8, 4) is 11.4 Å². The molecule has 0 spiro atoms. The van der Waals surface area contributed by atoms with Crippen molar-refractivity contribution in [2.45, 2.75) is 0 Å². The first-order valence-electron chi connectivity index (χ1n) is 6.02. The van der Waals surface area contributed by atoms with Crippen molar-refractivity contribution in [1.82, 2.24) is 0 Å². The Labute approximate surface area is 142 Å². The van der Waals surface area contributed by atoms with Crippen LogP contribution in [-0.2, 0) is 0 Å². The zero-order valence-electron chi connectivity index (χ0n) is 10.9. The molecule has 0 radical (unpaired) electrons. The van der Waals surface area contributed by atoms with Gasteiger partial charge in [-0.3, -0.25) is 0 Å². The van der Waals surface area contributed by atoms with E-state index in [1.54, 1.807) is 7.11 Å². The number of pyridine rings is 1. The smallest absolute Gasteiger partial charge is 0.210 e. The Morgan fingerprint density at radius 3 is 2.45 bits per heavy atom. The first-order chi connectivity index (χ1) is 9.28. The van der Waals surface area contributed by atoms with Gasteiger partial charge >= 0.3 is 0 Å². The van der Waals surface area contributed by atoms with Gasteiger partial charge in [0.1, 0.15) is 5.75 Å². The number of methoxy groups -OCH3 is 1. The van der Waals surface area contributed by atoms with E-state index in [0.717, 1.165) is 16.8 Å². The molecule has 0 atom stereocenters. The van der Waals surface area contributed by atoms with Crippen LogP contribution in [0.4, 0.5) is 0 Å². The number of nitrogens with zero attached hydrogens (tertiary/aromatic N) is 1. The van der Waals surface area contributed by atoms with Crippen molar-refractivity contribution in [3.63, 3.8) is 0 Å². The van der Waals surface area contributed by atoms with Gasteiger partial charge in [-0.1, -0.05) is 12.1 Å². The van der Waals surface area contributed by atoms with Gasteiger partial charge in [-0.2, -0.15) is 4.57 Å². The van der Waals surface area contributed by atoms with Crippen LogP contribution in [-0.4, -0.2) is 7.11 Å². The largest absolute Gasteiger partial charge is 1.00 e. The minimum absolute atomic E-state index is 0. The second kappa shape index (κ2) is 6.54. The fraction of sp³-hybridized carbons (Fsp3) is 0.0625. The molecule has 0 saturated heterocycles. The Bertz CT molecular complexity index is 728. The predicted molar refractivity (Wildman–Crippen MR) is 84.7 cm³/mol. The SMILES string of the molecule is COc1cccc2cc[n+](-c3ccc(I)cc3)cc12.[Br-]. The molecule has 3 rings (SSSR count). The lowest BCUT2D eigenvalue weighted by Gasteiger charge is -2.04. The summed E-state index contributed by atoms with van der Waals surface area (Å²) < 4.78 is 8.77. The number of aromatic nitrogens is 1. The average Bonchev–Trinajstić information content (AvgIpc) is 2.47. The van der Waals surface area contributed by atoms with Gasteiger partial charge in [-0.15, -0.1) is 0 Å². The molecule has 0 unspecified atom stereocenters. The number of ether oxygens (including phenoxy) is 1. The lowest BCUT2D eigenvalue weighted by molar-refractivity contribution is -0.594. The highest BCUT2D eigenvalue weighted by Gasteiger charge is 2.09. The summed E-state index contributed by atoms with van der Waals surface area (Å²) in [5.74, 6) is 0.900. The number of rotatable bonds is 2. The van der Waals surface area contributed by atoms with Crippen molar-refractivity contribution in [2.24, 2.45) is 0 Å². The second-order valence-electron chi connectivity index (χ2n) is 4.29. The van der Waals surface area contributed by atoms with Gasteiger partial charge in [0.15, 0.2) is 12.4 Å². The molecule has 0 aliphatic carbocycles. The number of fused-ring (bicyclic) bond motifs is 1. The Hall–Kier alpha value is -1.14. The maximum atomic E-state index is 5.42. The van der Waals surface area contributed by atoms with Crippen LogP contribution in [0.2, 0.25) is 0 Å². The molecule has 102 valence electrons. The van der Waals surface area contributed by atoms with Crippen molar-refractivity contribution in [2.75, 3.05) is 7.11 Å². The fourth-order valence-corrected chi connectivity index (χ4v) is 2.50. The second-order valence-corrected chi connectivity index (χ2v) is 5.54. The molecular formula is C16H13BrINO. The minimum Gasteiger partial charge on any atom is -1.00 e. The van der Waals surface area contributed by atoms with Crippen molar-refractivity contribution >= 4 is 33.4 Å². The molecular weight excluding hydrogens is 429 g/mol. The summed E-state index contributed by atoms with van der Waals surface area (Å²) in [5, 5.41) is 2.30. The third-order valence-electron chi connectivity index (χ3n) is 3.13. The van der Waals surface area contributed by atoms with Crippen LogP contribution >= 0.6 is 22.6 Å². The van der Waals surface area contributed by atoms with E-state index in [9.17, 15) is 0 Å². The Morgan fingerprint density at radius 1 is 1.00 bits per heavy atom. The molecule has 4 heteroatoms. The molecule has 0 aliphatic heterocycles. The van der Waals surface area contributed by atoms with E-state index in [-0.39, 0.29) is 17.0 Å². The van der Waals surface area contributed by atoms with E-state index in [1.165, 1.54) is 8.96 Å². The molecule has 0 amide bonds. The fourth-order valence-electron chi connectivity index (χ4n) is 2.14. The highest BCUT2D eigenvalue weighted by molar-refractivity contribution is 14.1. The van der Waals surface area contributed by atoms with Gasteiger partial charge in [-0.05, 0) is 46.2 Å². The minimum atomic E-state index is 0. The zero-order chi connectivity index (χ0) is 13.2. The average molecular weight is 442 g/mol. The summed E-state index contributed by atoms with van der Waals surface area (Å²) in [7, 11) is 1.71. The summed E-state index contributed by atoms with van der Waals surface area (Å²) in [6.07, 6.45) is 4.18. The molecule has 0 aliphatic rings. The van der Waals surface area contributed by atoms with E-state index >= 15 is 0 Å². The summed E-state index contributed by atoms with van der Waals surface area (Å²) >= 11 is 2.31. The molecule has 2 aromatic carbocycles. The van der Waals surface area contributed by atoms with E-state index < -0.39 is 0 Å². The monoisotopic (exact) mass is 441 g/mol. The quantitative estimate of drug-likeness (QED) is 0.422. The van der Waals surface area contributed by atoms with Crippen LogP contribution in [0, 0.1) is 3.57 Å². The Balaban J connectivity index is 0.00000147. The third kappa shape index (κ3) is 2.96. The number of benzene rings is 2. The molecule has 2 nitrogen and oxygen atoms in total. The van der Waals surface area contributed by atoms with Gasteiger partial charge in [0.25, 0.3) is 0 Å².